The van der Waals surface area contributed by atoms with E-state index in [1.165, 1.54) is 11.3 Å². The standard InChI is InChI=1S/C19H22N2/c1-2-18(16-9-5-3-6-10-16)19-15-20-13-14-21(19)17-11-7-4-8-12-17/h2-12,18-20H,1,13-15H2. The van der Waals surface area contributed by atoms with Crippen molar-refractivity contribution in [3.8, 4) is 0 Å². The van der Waals surface area contributed by atoms with Crippen LogP contribution in [0.15, 0.2) is 73.3 Å². The Morgan fingerprint density at radius 3 is 2.38 bits per heavy atom. The first-order valence-electron chi connectivity index (χ1n) is 7.60. The number of para-hydroxylation sites is 1. The molecular weight excluding hydrogens is 256 g/mol. The van der Waals surface area contributed by atoms with Crippen LogP contribution < -0.4 is 10.2 Å². The molecule has 2 unspecified atom stereocenters. The lowest BCUT2D eigenvalue weighted by Crippen LogP contribution is -2.53. The fourth-order valence-electron chi connectivity index (χ4n) is 3.18. The van der Waals surface area contributed by atoms with Crippen LogP contribution in [0.4, 0.5) is 5.69 Å². The molecule has 108 valence electrons. The van der Waals surface area contributed by atoms with E-state index in [9.17, 15) is 0 Å². The molecule has 2 nitrogen and oxygen atoms in total. The summed E-state index contributed by atoms with van der Waals surface area (Å²) in [5.41, 5.74) is 2.63. The van der Waals surface area contributed by atoms with Gasteiger partial charge < -0.3 is 10.2 Å². The maximum Gasteiger partial charge on any atom is 0.0518 e. The summed E-state index contributed by atoms with van der Waals surface area (Å²) < 4.78 is 0. The van der Waals surface area contributed by atoms with Crippen molar-refractivity contribution >= 4 is 5.69 Å². The van der Waals surface area contributed by atoms with Crippen LogP contribution >= 0.6 is 0 Å². The predicted octanol–water partition coefficient (Wildman–Crippen LogP) is 3.43. The summed E-state index contributed by atoms with van der Waals surface area (Å²) >= 11 is 0. The van der Waals surface area contributed by atoms with Gasteiger partial charge in [0.2, 0.25) is 0 Å². The van der Waals surface area contributed by atoms with E-state index in [0.29, 0.717) is 12.0 Å². The van der Waals surface area contributed by atoms with Crippen molar-refractivity contribution < 1.29 is 0 Å². The number of nitrogens with one attached hydrogen (secondary N) is 1. The van der Waals surface area contributed by atoms with Crippen LogP contribution in [0.1, 0.15) is 11.5 Å². The average molecular weight is 278 g/mol. The average Bonchev–Trinajstić information content (AvgIpc) is 2.58. The van der Waals surface area contributed by atoms with Gasteiger partial charge in [0.15, 0.2) is 0 Å². The normalized spacial score (nSPS) is 20.0. The molecule has 2 aromatic rings. The van der Waals surface area contributed by atoms with Gasteiger partial charge in [-0.15, -0.1) is 6.58 Å². The summed E-state index contributed by atoms with van der Waals surface area (Å²) in [6.07, 6.45) is 2.09. The van der Waals surface area contributed by atoms with E-state index in [0.717, 1.165) is 19.6 Å². The second kappa shape index (κ2) is 6.59. The number of hydrogen-bond donors (Lipinski definition) is 1. The lowest BCUT2D eigenvalue weighted by atomic mass is 9.89. The van der Waals surface area contributed by atoms with Gasteiger partial charge in [-0.3, -0.25) is 0 Å². The van der Waals surface area contributed by atoms with E-state index < -0.39 is 0 Å². The monoisotopic (exact) mass is 278 g/mol. The lowest BCUT2D eigenvalue weighted by molar-refractivity contribution is 0.448. The first kappa shape index (κ1) is 13.9. The quantitative estimate of drug-likeness (QED) is 0.862. The van der Waals surface area contributed by atoms with Crippen LogP contribution in [0.2, 0.25) is 0 Å². The molecule has 1 saturated heterocycles. The zero-order valence-electron chi connectivity index (χ0n) is 12.3. The first-order valence-corrected chi connectivity index (χ1v) is 7.60. The molecule has 2 atom stereocenters. The Kier molecular flexibility index (Phi) is 4.37. The molecule has 21 heavy (non-hydrogen) atoms. The highest BCUT2D eigenvalue weighted by molar-refractivity contribution is 5.49. The van der Waals surface area contributed by atoms with E-state index in [1.54, 1.807) is 0 Å². The molecule has 1 aliphatic rings. The summed E-state index contributed by atoms with van der Waals surface area (Å²) in [6.45, 7) is 7.14. The van der Waals surface area contributed by atoms with Gasteiger partial charge in [-0.25, -0.2) is 0 Å². The number of benzene rings is 2. The molecule has 2 aromatic carbocycles. The Morgan fingerprint density at radius 2 is 1.71 bits per heavy atom. The fraction of sp³-hybridized carbons (Fsp3) is 0.263. The summed E-state index contributed by atoms with van der Waals surface area (Å²) in [5.74, 6) is 0.333. The zero-order chi connectivity index (χ0) is 14.5. The van der Waals surface area contributed by atoms with Gasteiger partial charge >= 0.3 is 0 Å². The molecule has 1 fully saturated rings. The van der Waals surface area contributed by atoms with Crippen LogP contribution in [0.25, 0.3) is 0 Å². The van der Waals surface area contributed by atoms with Crippen molar-refractivity contribution in [3.63, 3.8) is 0 Å². The van der Waals surface area contributed by atoms with Crippen LogP contribution in [0.3, 0.4) is 0 Å². The highest BCUT2D eigenvalue weighted by Gasteiger charge is 2.29. The molecule has 2 heteroatoms. The van der Waals surface area contributed by atoms with Crippen molar-refractivity contribution in [1.29, 1.82) is 0 Å². The highest BCUT2D eigenvalue weighted by atomic mass is 15.2. The molecule has 0 spiro atoms. The smallest absolute Gasteiger partial charge is 0.0518 e. The first-order chi connectivity index (χ1) is 10.4. The van der Waals surface area contributed by atoms with Crippen LogP contribution in [0.5, 0.6) is 0 Å². The molecule has 1 aliphatic heterocycles. The van der Waals surface area contributed by atoms with E-state index in [-0.39, 0.29) is 0 Å². The zero-order valence-corrected chi connectivity index (χ0v) is 12.3. The van der Waals surface area contributed by atoms with Gasteiger partial charge in [-0.1, -0.05) is 54.6 Å². The van der Waals surface area contributed by atoms with Crippen molar-refractivity contribution in [3.05, 3.63) is 78.9 Å². The highest BCUT2D eigenvalue weighted by Crippen LogP contribution is 2.29. The third-order valence-corrected chi connectivity index (χ3v) is 4.22. The SMILES string of the molecule is C=CC(c1ccccc1)C1CNCCN1c1ccccc1. The van der Waals surface area contributed by atoms with Gasteiger partial charge in [0.05, 0.1) is 6.04 Å². The van der Waals surface area contributed by atoms with Gasteiger partial charge in [-0.05, 0) is 17.7 Å². The molecule has 3 rings (SSSR count). The summed E-state index contributed by atoms with van der Waals surface area (Å²) in [7, 11) is 0. The van der Waals surface area contributed by atoms with Crippen LogP contribution in [-0.4, -0.2) is 25.7 Å². The molecule has 0 aliphatic carbocycles. The molecular formula is C19H22N2. The third kappa shape index (κ3) is 3.01. The Balaban J connectivity index is 1.91. The Morgan fingerprint density at radius 1 is 1.05 bits per heavy atom. The molecule has 1 N–H and O–H groups in total. The summed E-state index contributed by atoms with van der Waals surface area (Å²) in [6, 6.07) is 21.8. The summed E-state index contributed by atoms with van der Waals surface area (Å²) in [5, 5.41) is 3.53. The Labute approximate surface area is 127 Å². The Bertz CT molecular complexity index is 565. The van der Waals surface area contributed by atoms with Crippen LogP contribution in [0, 0.1) is 0 Å². The van der Waals surface area contributed by atoms with E-state index in [4.69, 9.17) is 0 Å². The van der Waals surface area contributed by atoms with Crippen LogP contribution in [-0.2, 0) is 0 Å². The molecule has 0 amide bonds. The van der Waals surface area contributed by atoms with Crippen molar-refractivity contribution in [2.24, 2.45) is 0 Å². The molecule has 0 saturated carbocycles. The van der Waals surface area contributed by atoms with Crippen molar-refractivity contribution in [2.45, 2.75) is 12.0 Å². The fourth-order valence-corrected chi connectivity index (χ4v) is 3.18. The van der Waals surface area contributed by atoms with Crippen molar-refractivity contribution in [1.82, 2.24) is 5.32 Å². The largest absolute Gasteiger partial charge is 0.365 e. The Hall–Kier alpha value is -2.06. The van der Waals surface area contributed by atoms with Gasteiger partial charge in [0.25, 0.3) is 0 Å². The number of rotatable bonds is 4. The predicted molar refractivity (Wildman–Crippen MR) is 89.8 cm³/mol. The second-order valence-corrected chi connectivity index (χ2v) is 5.47. The van der Waals surface area contributed by atoms with Crippen molar-refractivity contribution in [2.75, 3.05) is 24.5 Å². The molecule has 0 radical (unpaired) electrons. The van der Waals surface area contributed by atoms with E-state index in [1.807, 2.05) is 0 Å². The van der Waals surface area contributed by atoms with Gasteiger partial charge in [0, 0.05) is 31.2 Å². The lowest BCUT2D eigenvalue weighted by Gasteiger charge is -2.41. The number of nitrogens with zero attached hydrogens (tertiary/aromatic N) is 1. The topological polar surface area (TPSA) is 15.3 Å². The number of hydrogen-bond acceptors (Lipinski definition) is 2. The molecule has 0 bridgehead atoms. The maximum atomic E-state index is 4.09. The minimum Gasteiger partial charge on any atom is -0.365 e. The molecule has 1 heterocycles. The number of piperazine rings is 1. The van der Waals surface area contributed by atoms with E-state index >= 15 is 0 Å². The second-order valence-electron chi connectivity index (χ2n) is 5.47. The third-order valence-electron chi connectivity index (χ3n) is 4.22. The van der Waals surface area contributed by atoms with E-state index in [2.05, 4.69) is 83.5 Å². The maximum absolute atomic E-state index is 4.09. The van der Waals surface area contributed by atoms with Gasteiger partial charge in [0.1, 0.15) is 0 Å². The minimum absolute atomic E-state index is 0.333. The van der Waals surface area contributed by atoms with Gasteiger partial charge in [-0.2, -0.15) is 0 Å². The molecule has 0 aromatic heterocycles. The minimum atomic E-state index is 0.333. The number of anilines is 1. The summed E-state index contributed by atoms with van der Waals surface area (Å²) in [4.78, 5) is 2.51.